The molecule has 0 saturated carbocycles. The number of nitrogens with two attached hydrogens (primary N) is 6. The van der Waals surface area contributed by atoms with Crippen molar-refractivity contribution in [3.05, 3.63) is 104 Å². The molecule has 9 unspecified atom stereocenters. The number of carbonyl (C=O) groups is 6. The summed E-state index contributed by atoms with van der Waals surface area (Å²) >= 11 is 0. The number of rotatable bonds is 30. The van der Waals surface area contributed by atoms with Crippen molar-refractivity contribution in [3.63, 3.8) is 0 Å². The highest BCUT2D eigenvalue weighted by atomic mass is 31.2. The van der Waals surface area contributed by atoms with Gasteiger partial charge in [0.05, 0.1) is 98.2 Å². The molecular formula is C57H88N15O24P3. The van der Waals surface area contributed by atoms with Crippen LogP contribution in [0.1, 0.15) is 46.6 Å². The number of hydrogen-bond donors (Lipinski definition) is 9. The number of carbonyl (C=O) groups excluding carboxylic acids is 6. The molecule has 6 heterocycles. The number of nitrogen functional groups attached to an aromatic ring is 3. The summed E-state index contributed by atoms with van der Waals surface area (Å²) in [5, 5.41) is 7.36. The van der Waals surface area contributed by atoms with Gasteiger partial charge >= 0.3 is 57.8 Å². The van der Waals surface area contributed by atoms with E-state index in [0.717, 1.165) is 19.8 Å². The Hall–Kier alpha value is -7.71. The average Bonchev–Trinajstić information content (AvgIpc) is 0.845. The number of amides is 3. The Labute approximate surface area is 568 Å². The largest absolute Gasteiger partial charge is 0.467 e. The molecule has 1 aromatic carbocycles. The molecule has 7 rings (SSSR count). The molecule has 3 aliphatic rings. The molecule has 3 fully saturated rings. The number of benzene rings is 1. The zero-order valence-corrected chi connectivity index (χ0v) is 58.3. The van der Waals surface area contributed by atoms with Gasteiger partial charge in [-0.3, -0.25) is 41.8 Å². The Balaban J connectivity index is 0.000000268. The van der Waals surface area contributed by atoms with Crippen molar-refractivity contribution in [2.75, 3.05) is 96.7 Å². The van der Waals surface area contributed by atoms with Gasteiger partial charge in [-0.15, -0.1) is 0 Å². The van der Waals surface area contributed by atoms with Gasteiger partial charge in [0.25, 0.3) is 0 Å². The molecule has 0 spiro atoms. The molecule has 39 nitrogen and oxygen atoms in total. The molecule has 3 saturated heterocycles. The Bertz CT molecular complexity index is 3650. The van der Waals surface area contributed by atoms with E-state index in [1.165, 1.54) is 50.5 Å². The van der Waals surface area contributed by atoms with Crippen molar-refractivity contribution in [3.8, 4) is 0 Å². The summed E-state index contributed by atoms with van der Waals surface area (Å²) in [6, 6.07) is 7.24. The van der Waals surface area contributed by atoms with E-state index < -0.39 is 169 Å². The second-order valence-electron chi connectivity index (χ2n) is 23.0. The van der Waals surface area contributed by atoms with E-state index in [0.29, 0.717) is 6.42 Å². The molecule has 0 radical (unpaired) electrons. The zero-order valence-electron chi connectivity index (χ0n) is 55.6. The van der Waals surface area contributed by atoms with Crippen molar-refractivity contribution in [2.45, 2.75) is 122 Å². The first-order chi connectivity index (χ1) is 46.8. The van der Waals surface area contributed by atoms with E-state index in [1.807, 2.05) is 44.2 Å². The Morgan fingerprint density at radius 2 is 0.899 bits per heavy atom. The van der Waals surface area contributed by atoms with Crippen LogP contribution in [-0.4, -0.2) is 198 Å². The summed E-state index contributed by atoms with van der Waals surface area (Å²) in [6.07, 6.45) is 2.12. The number of methoxy groups -OCH3 is 2. The first-order valence-corrected chi connectivity index (χ1v) is 36.0. The van der Waals surface area contributed by atoms with Crippen LogP contribution in [-0.2, 0) is 124 Å². The monoisotopic (exact) mass is 1460 g/mol. The lowest BCUT2D eigenvalue weighted by Crippen LogP contribution is -2.52. The number of nitrogens with one attached hydrogen (secondary N) is 3. The van der Waals surface area contributed by atoms with Gasteiger partial charge in [-0.2, -0.15) is 15.0 Å². The first kappa shape index (κ1) is 82.0. The SMILES string of the molecule is CCOC(=O)C(COP1(=O)CO[C@@H](Cn2ccc(N)nc2=O)CO1)NC(=O)C(N)C(C)C.COC(=O)C(COP1(=O)CO[C@@H](Cn2ccc(N)nc2=O)CO1)NC(=O)C(N)CC(C)C.COC(=O)C(COP1(=O)CO[C@@H](Cn2ccc(N)nc2=O)CO1)NC(=O)C(N)Cc1ccccc1. The maximum Gasteiger partial charge on any atom is 0.356 e. The lowest BCUT2D eigenvalue weighted by molar-refractivity contribution is -0.148. The Morgan fingerprint density at radius 3 is 1.21 bits per heavy atom. The van der Waals surface area contributed by atoms with Crippen molar-refractivity contribution < 1.29 is 98.0 Å². The van der Waals surface area contributed by atoms with Crippen molar-refractivity contribution >= 4 is 75.9 Å². The number of anilines is 3. The molecule has 4 aromatic rings. The number of hydrogen-bond acceptors (Lipinski definition) is 33. The first-order valence-electron chi connectivity index (χ1n) is 30.8. The molecule has 3 aromatic heterocycles. The minimum atomic E-state index is -3.74. The normalized spacial score (nSPS) is 22.4. The summed E-state index contributed by atoms with van der Waals surface area (Å²) in [7, 11) is -8.86. The van der Waals surface area contributed by atoms with E-state index in [1.54, 1.807) is 20.8 Å². The summed E-state index contributed by atoms with van der Waals surface area (Å²) in [5.74, 6) is -3.75. The van der Waals surface area contributed by atoms with Crippen molar-refractivity contribution in [2.24, 2.45) is 29.0 Å². The van der Waals surface area contributed by atoms with Crippen LogP contribution in [0, 0.1) is 11.8 Å². The third-order valence-electron chi connectivity index (χ3n) is 14.2. The predicted molar refractivity (Wildman–Crippen MR) is 351 cm³/mol. The highest BCUT2D eigenvalue weighted by molar-refractivity contribution is 7.54. The van der Waals surface area contributed by atoms with Gasteiger partial charge in [-0.25, -0.2) is 28.8 Å². The van der Waals surface area contributed by atoms with Gasteiger partial charge in [0.15, 0.2) is 18.1 Å². The average molecular weight is 1460 g/mol. The zero-order chi connectivity index (χ0) is 73.2. The minimum Gasteiger partial charge on any atom is -0.467 e. The topological polar surface area (TPSA) is 561 Å². The lowest BCUT2D eigenvalue weighted by Gasteiger charge is -2.30. The highest BCUT2D eigenvalue weighted by Gasteiger charge is 2.40. The number of nitrogens with zero attached hydrogens (tertiary/aromatic N) is 6. The van der Waals surface area contributed by atoms with E-state index in [-0.39, 0.29) is 81.8 Å². The van der Waals surface area contributed by atoms with Gasteiger partial charge in [-0.05, 0) is 55.4 Å². The molecular weight excluding hydrogens is 1370 g/mol. The van der Waals surface area contributed by atoms with Crippen LogP contribution in [0.3, 0.4) is 0 Å². The van der Waals surface area contributed by atoms with Crippen molar-refractivity contribution in [1.29, 1.82) is 0 Å². The van der Waals surface area contributed by atoms with Crippen LogP contribution >= 0.6 is 22.8 Å². The molecule has 99 heavy (non-hydrogen) atoms. The quantitative estimate of drug-likeness (QED) is 0.0163. The molecule has 0 aliphatic carbocycles. The smallest absolute Gasteiger partial charge is 0.356 e. The minimum absolute atomic E-state index is 0.0831. The Kier molecular flexibility index (Phi) is 32.6. The third kappa shape index (κ3) is 27.4. The van der Waals surface area contributed by atoms with E-state index >= 15 is 0 Å². The van der Waals surface area contributed by atoms with Gasteiger partial charge in [0.2, 0.25) is 17.7 Å². The van der Waals surface area contributed by atoms with Crippen LogP contribution < -0.4 is 67.4 Å². The second-order valence-corrected chi connectivity index (χ2v) is 29.0. The van der Waals surface area contributed by atoms with Crippen molar-refractivity contribution in [1.82, 2.24) is 44.6 Å². The maximum atomic E-state index is 12.9. The van der Waals surface area contributed by atoms with Gasteiger partial charge in [0, 0.05) is 18.6 Å². The molecule has 42 heteroatoms. The fourth-order valence-corrected chi connectivity index (χ4v) is 12.8. The van der Waals surface area contributed by atoms with Crippen LogP contribution in [0.15, 0.2) is 81.5 Å². The maximum absolute atomic E-state index is 12.9. The fourth-order valence-electron chi connectivity index (χ4n) is 8.68. The molecule has 3 aliphatic heterocycles. The highest BCUT2D eigenvalue weighted by Crippen LogP contribution is 2.53. The van der Waals surface area contributed by atoms with Gasteiger partial charge in [0.1, 0.15) is 54.8 Å². The number of ether oxygens (including phenoxy) is 6. The molecule has 3 amide bonds. The van der Waals surface area contributed by atoms with Crippen LogP contribution in [0.2, 0.25) is 0 Å². The van der Waals surface area contributed by atoms with Gasteiger partial charge in [-0.1, -0.05) is 58.0 Å². The lowest BCUT2D eigenvalue weighted by atomic mass is 10.0. The molecule has 15 N–H and O–H groups in total. The predicted octanol–water partition coefficient (Wildman–Crippen LogP) is -1.49. The fraction of sp³-hybridized carbons (Fsp3) is 0.579. The Morgan fingerprint density at radius 1 is 0.545 bits per heavy atom. The standard InChI is InChI=1S/C21H28N5O8P.2C18H30N5O8P/c1-31-20(28)17(24-19(27)16(22)9-14-5-3-2-4-6-14)12-34-35(30)13-32-15(11-33-35)10-26-8-7-18(23)25-21(26)29;1-11(2)6-13(19)16(24)21-14(17(25)28-3)9-31-32(27)10-29-12(8-30-32)7-23-5-4-15(20)22-18(23)26;1-4-28-17(25)13(21-16(24)15(20)11(2)3)9-31-32(27)10-29-12(8-30-32)7-23-6-5-14(19)22-18(23)26/h2-8,15-17H,9-13,22H2,1H3,(H,24,27)(H2,23,25,29);4-5,11-14H,6-10,19H2,1-3H3,(H,21,24)(H2,20,22,26);5-6,11-13,15H,4,7-10,20H2,1-3H3,(H,21,24)(H2,19,22,26)/t15-,16?,17?,35?;12-,13?,14?,32?;12-,13?,15?,32?/m000/s1. The molecule has 12 atom stereocenters. The van der Waals surface area contributed by atoms with E-state index in [4.69, 9.17) is 85.2 Å². The molecule has 0 bridgehead atoms. The number of esters is 3. The summed E-state index contributed by atoms with van der Waals surface area (Å²) < 4.78 is 105. The van der Waals surface area contributed by atoms with Crippen LogP contribution in [0.4, 0.5) is 17.5 Å². The van der Waals surface area contributed by atoms with E-state index in [9.17, 15) is 56.8 Å². The summed E-state index contributed by atoms with van der Waals surface area (Å²) in [5.41, 5.74) is 33.2. The second kappa shape index (κ2) is 39.3. The third-order valence-corrected chi connectivity index (χ3v) is 18.8. The van der Waals surface area contributed by atoms with E-state index in [2.05, 4.69) is 35.6 Å². The summed E-state index contributed by atoms with van der Waals surface area (Å²) in [4.78, 5) is 120. The van der Waals surface area contributed by atoms with Crippen LogP contribution in [0.25, 0.3) is 0 Å². The van der Waals surface area contributed by atoms with Gasteiger partial charge < -0.3 is 106 Å². The van der Waals surface area contributed by atoms with Crippen LogP contribution in [0.5, 0.6) is 0 Å². The molecule has 550 valence electrons. The summed E-state index contributed by atoms with van der Waals surface area (Å²) in [6.45, 7) is 7.59. The number of aromatic nitrogens is 6.